The molecule has 2 heterocycles. The number of pyridine rings is 1. The standard InChI is InChI=1S/C19H20ClFN4OS.ClH/c1-4-25(3)6-5-13-9-16(20)17(7-12(13)2)26-19-23-18(24-27-19)14-8-15(21)11-22-10-14;/h7-11H,4-6H2,1-3H3;1H. The Morgan fingerprint density at radius 3 is 2.75 bits per heavy atom. The van der Waals surface area contributed by atoms with Gasteiger partial charge in [-0.25, -0.2) is 4.39 Å². The van der Waals surface area contributed by atoms with Crippen LogP contribution in [0.1, 0.15) is 18.1 Å². The Morgan fingerprint density at radius 1 is 1.25 bits per heavy atom. The van der Waals surface area contributed by atoms with E-state index in [1.165, 1.54) is 17.8 Å². The van der Waals surface area contributed by atoms with Gasteiger partial charge in [-0.05, 0) is 56.3 Å². The lowest BCUT2D eigenvalue weighted by molar-refractivity contribution is 0.357. The molecule has 0 radical (unpaired) electrons. The van der Waals surface area contributed by atoms with Gasteiger partial charge >= 0.3 is 0 Å². The van der Waals surface area contributed by atoms with Crippen LogP contribution in [0.25, 0.3) is 11.4 Å². The van der Waals surface area contributed by atoms with E-state index in [1.807, 2.05) is 19.1 Å². The molecule has 28 heavy (non-hydrogen) atoms. The van der Waals surface area contributed by atoms with E-state index in [0.29, 0.717) is 27.4 Å². The van der Waals surface area contributed by atoms with Gasteiger partial charge in [0.1, 0.15) is 11.6 Å². The van der Waals surface area contributed by atoms with Gasteiger partial charge in [-0.3, -0.25) is 4.98 Å². The summed E-state index contributed by atoms with van der Waals surface area (Å²) in [6.07, 6.45) is 3.56. The SMILES string of the molecule is CCN(C)CCc1cc(Cl)c(Oc2nc(-c3cncc(F)c3)ns2)cc1C.Cl. The lowest BCUT2D eigenvalue weighted by atomic mass is 10.1. The number of benzene rings is 1. The maximum Gasteiger partial charge on any atom is 0.299 e. The number of hydrogen-bond donors (Lipinski definition) is 0. The van der Waals surface area contributed by atoms with Gasteiger partial charge in [-0.15, -0.1) is 12.4 Å². The summed E-state index contributed by atoms with van der Waals surface area (Å²) in [5.41, 5.74) is 2.80. The number of aromatic nitrogens is 3. The lowest BCUT2D eigenvalue weighted by Gasteiger charge is -2.15. The summed E-state index contributed by atoms with van der Waals surface area (Å²) < 4.78 is 23.3. The topological polar surface area (TPSA) is 51.1 Å². The summed E-state index contributed by atoms with van der Waals surface area (Å²) in [7, 11) is 2.09. The second-order valence-corrected chi connectivity index (χ2v) is 7.35. The van der Waals surface area contributed by atoms with Gasteiger partial charge < -0.3 is 9.64 Å². The van der Waals surface area contributed by atoms with Crippen molar-refractivity contribution in [2.45, 2.75) is 20.3 Å². The Morgan fingerprint density at radius 2 is 2.04 bits per heavy atom. The molecule has 9 heteroatoms. The highest BCUT2D eigenvalue weighted by Gasteiger charge is 2.13. The predicted octanol–water partition coefficient (Wildman–Crippen LogP) is 5.41. The Labute approximate surface area is 179 Å². The molecule has 0 bridgehead atoms. The molecule has 1 aromatic carbocycles. The summed E-state index contributed by atoms with van der Waals surface area (Å²) in [5.74, 6) is 0.462. The monoisotopic (exact) mass is 442 g/mol. The number of hydrogen-bond acceptors (Lipinski definition) is 6. The van der Waals surface area contributed by atoms with Crippen molar-refractivity contribution in [3.05, 3.63) is 52.6 Å². The fourth-order valence-electron chi connectivity index (χ4n) is 2.51. The van der Waals surface area contributed by atoms with Crippen molar-refractivity contribution >= 4 is 35.5 Å². The van der Waals surface area contributed by atoms with E-state index in [0.717, 1.165) is 42.8 Å². The van der Waals surface area contributed by atoms with E-state index in [9.17, 15) is 4.39 Å². The van der Waals surface area contributed by atoms with Gasteiger partial charge in [0.15, 0.2) is 5.82 Å². The van der Waals surface area contributed by atoms with E-state index >= 15 is 0 Å². The van der Waals surface area contributed by atoms with Crippen LogP contribution < -0.4 is 4.74 Å². The summed E-state index contributed by atoms with van der Waals surface area (Å²) in [4.78, 5) is 10.4. The smallest absolute Gasteiger partial charge is 0.299 e. The third-order valence-electron chi connectivity index (χ3n) is 4.26. The van der Waals surface area contributed by atoms with Crippen molar-refractivity contribution in [1.29, 1.82) is 0 Å². The average molecular weight is 443 g/mol. The van der Waals surface area contributed by atoms with Crippen LogP contribution in [0.5, 0.6) is 10.9 Å². The highest BCUT2D eigenvalue weighted by molar-refractivity contribution is 7.07. The molecule has 3 rings (SSSR count). The van der Waals surface area contributed by atoms with Crippen LogP contribution >= 0.6 is 35.5 Å². The normalized spacial score (nSPS) is 10.8. The molecule has 0 aliphatic rings. The summed E-state index contributed by atoms with van der Waals surface area (Å²) >= 11 is 7.49. The van der Waals surface area contributed by atoms with Crippen molar-refractivity contribution in [3.8, 4) is 22.3 Å². The first-order valence-electron chi connectivity index (χ1n) is 8.56. The first-order valence-corrected chi connectivity index (χ1v) is 9.71. The molecule has 0 atom stereocenters. The summed E-state index contributed by atoms with van der Waals surface area (Å²) in [6.45, 7) is 6.14. The van der Waals surface area contributed by atoms with Crippen LogP contribution in [0.3, 0.4) is 0 Å². The average Bonchev–Trinajstić information content (AvgIpc) is 3.11. The molecular weight excluding hydrogens is 422 g/mol. The van der Waals surface area contributed by atoms with Gasteiger partial charge in [-0.2, -0.15) is 9.36 Å². The zero-order chi connectivity index (χ0) is 19.4. The van der Waals surface area contributed by atoms with E-state index in [2.05, 4.69) is 33.2 Å². The predicted molar refractivity (Wildman–Crippen MR) is 113 cm³/mol. The van der Waals surface area contributed by atoms with Crippen molar-refractivity contribution in [1.82, 2.24) is 19.2 Å². The molecule has 0 saturated carbocycles. The maximum absolute atomic E-state index is 13.3. The van der Waals surface area contributed by atoms with Gasteiger partial charge in [0, 0.05) is 29.8 Å². The molecule has 2 aromatic heterocycles. The number of aryl methyl sites for hydroxylation is 1. The lowest BCUT2D eigenvalue weighted by Crippen LogP contribution is -2.20. The molecule has 0 aliphatic carbocycles. The second kappa shape index (κ2) is 10.1. The van der Waals surface area contributed by atoms with Crippen LogP contribution in [-0.4, -0.2) is 39.4 Å². The molecule has 0 aliphatic heterocycles. The maximum atomic E-state index is 13.3. The third kappa shape index (κ3) is 5.61. The molecule has 0 unspecified atom stereocenters. The summed E-state index contributed by atoms with van der Waals surface area (Å²) in [5, 5.41) is 0.868. The van der Waals surface area contributed by atoms with E-state index in [-0.39, 0.29) is 12.4 Å². The van der Waals surface area contributed by atoms with Gasteiger partial charge in [-0.1, -0.05) is 18.5 Å². The molecule has 0 fully saturated rings. The Bertz CT molecular complexity index is 938. The number of likely N-dealkylation sites (N-methyl/N-ethyl adjacent to an activating group) is 1. The van der Waals surface area contributed by atoms with Gasteiger partial charge in [0.25, 0.3) is 5.19 Å². The fraction of sp³-hybridized carbons (Fsp3) is 0.316. The Balaban J connectivity index is 0.00000280. The molecule has 0 amide bonds. The van der Waals surface area contributed by atoms with Crippen molar-refractivity contribution < 1.29 is 9.13 Å². The van der Waals surface area contributed by atoms with Crippen LogP contribution in [0.2, 0.25) is 5.02 Å². The Hall–Kier alpha value is -1.80. The molecule has 0 N–H and O–H groups in total. The number of nitrogens with zero attached hydrogens (tertiary/aromatic N) is 4. The number of ether oxygens (including phenoxy) is 1. The number of halogens is 3. The van der Waals surface area contributed by atoms with Crippen molar-refractivity contribution in [3.63, 3.8) is 0 Å². The van der Waals surface area contributed by atoms with Crippen LogP contribution in [0.15, 0.2) is 30.6 Å². The van der Waals surface area contributed by atoms with Crippen molar-refractivity contribution in [2.24, 2.45) is 0 Å². The van der Waals surface area contributed by atoms with Gasteiger partial charge in [0.2, 0.25) is 0 Å². The zero-order valence-electron chi connectivity index (χ0n) is 15.8. The zero-order valence-corrected chi connectivity index (χ0v) is 18.2. The van der Waals surface area contributed by atoms with E-state index < -0.39 is 5.82 Å². The molecule has 5 nitrogen and oxygen atoms in total. The fourth-order valence-corrected chi connectivity index (χ4v) is 3.30. The molecular formula is C19H21Cl2FN4OS. The highest BCUT2D eigenvalue weighted by atomic mass is 35.5. The summed E-state index contributed by atoms with van der Waals surface area (Å²) in [6, 6.07) is 5.18. The third-order valence-corrected chi connectivity index (χ3v) is 5.15. The molecule has 3 aromatic rings. The minimum Gasteiger partial charge on any atom is -0.428 e. The van der Waals surface area contributed by atoms with Crippen molar-refractivity contribution in [2.75, 3.05) is 20.1 Å². The first-order chi connectivity index (χ1) is 13.0. The Kier molecular flexibility index (Phi) is 8.12. The first kappa shape index (κ1) is 22.5. The molecule has 150 valence electrons. The highest BCUT2D eigenvalue weighted by Crippen LogP contribution is 2.34. The van der Waals surface area contributed by atoms with E-state index in [4.69, 9.17) is 16.3 Å². The second-order valence-electron chi connectivity index (χ2n) is 6.23. The van der Waals surface area contributed by atoms with Crippen LogP contribution in [-0.2, 0) is 6.42 Å². The quantitative estimate of drug-likeness (QED) is 0.489. The minimum atomic E-state index is -0.437. The van der Waals surface area contributed by atoms with Crippen LogP contribution in [0, 0.1) is 12.7 Å². The molecule has 0 spiro atoms. The van der Waals surface area contributed by atoms with Crippen LogP contribution in [0.4, 0.5) is 4.39 Å². The number of rotatable bonds is 7. The molecule has 0 saturated heterocycles. The minimum absolute atomic E-state index is 0. The van der Waals surface area contributed by atoms with Gasteiger partial charge in [0.05, 0.1) is 11.2 Å². The van der Waals surface area contributed by atoms with E-state index in [1.54, 1.807) is 0 Å². The largest absolute Gasteiger partial charge is 0.428 e.